The quantitative estimate of drug-likeness (QED) is 0.787. The summed E-state index contributed by atoms with van der Waals surface area (Å²) in [7, 11) is 2.92. The van der Waals surface area contributed by atoms with Crippen molar-refractivity contribution in [2.24, 2.45) is 0 Å². The smallest absolute Gasteiger partial charge is 0.328 e. The van der Waals surface area contributed by atoms with Gasteiger partial charge in [0.25, 0.3) is 5.91 Å². The van der Waals surface area contributed by atoms with Crippen molar-refractivity contribution < 1.29 is 24.1 Å². The molecule has 8 nitrogen and oxygen atoms in total. The number of hydrogen-bond donors (Lipinski definition) is 2. The summed E-state index contributed by atoms with van der Waals surface area (Å²) in [6.45, 7) is 3.23. The summed E-state index contributed by atoms with van der Waals surface area (Å²) in [6, 6.07) is 8.15. The van der Waals surface area contributed by atoms with E-state index in [9.17, 15) is 9.90 Å². The normalized spacial score (nSPS) is 10.9. The lowest BCUT2D eigenvalue weighted by molar-refractivity contribution is 0.0867. The highest BCUT2D eigenvalue weighted by Crippen LogP contribution is 2.26. The number of para-hydroxylation sites is 1. The molecular formula is C17H21N3O5. The Labute approximate surface area is 145 Å². The maximum absolute atomic E-state index is 12.5. The number of nitrogens with one attached hydrogen (secondary N) is 1. The predicted octanol–water partition coefficient (Wildman–Crippen LogP) is 1.79. The van der Waals surface area contributed by atoms with Crippen LogP contribution in [0.3, 0.4) is 0 Å². The molecule has 2 aromatic rings. The Kier molecular flexibility index (Phi) is 5.76. The monoisotopic (exact) mass is 347 g/mol. The van der Waals surface area contributed by atoms with Crippen LogP contribution in [0, 0.1) is 0 Å². The number of carbonyl (C=O) groups excluding carboxylic acids is 1. The number of aliphatic hydroxyl groups is 1. The molecule has 0 aliphatic rings. The Balaban J connectivity index is 2.31. The zero-order valence-corrected chi connectivity index (χ0v) is 14.6. The van der Waals surface area contributed by atoms with Gasteiger partial charge in [0, 0.05) is 0 Å². The molecule has 25 heavy (non-hydrogen) atoms. The lowest BCUT2D eigenvalue weighted by Gasteiger charge is -2.24. The first-order valence-electron chi connectivity index (χ1n) is 7.56. The van der Waals surface area contributed by atoms with Gasteiger partial charge in [0.05, 0.1) is 38.0 Å². The van der Waals surface area contributed by atoms with Crippen molar-refractivity contribution >= 4 is 5.91 Å². The predicted molar refractivity (Wildman–Crippen MR) is 90.3 cm³/mol. The highest BCUT2D eigenvalue weighted by atomic mass is 16.5. The van der Waals surface area contributed by atoms with E-state index in [-0.39, 0.29) is 41.6 Å². The Bertz CT molecular complexity index is 727. The zero-order valence-electron chi connectivity index (χ0n) is 14.6. The average Bonchev–Trinajstić information content (AvgIpc) is 2.61. The minimum absolute atomic E-state index is 0.0159. The average molecular weight is 347 g/mol. The lowest BCUT2D eigenvalue weighted by Crippen LogP contribution is -2.46. The fraction of sp³-hybridized carbons (Fsp3) is 0.353. The van der Waals surface area contributed by atoms with Crippen LogP contribution in [0.4, 0.5) is 0 Å². The number of aliphatic hydroxyl groups excluding tert-OH is 1. The summed E-state index contributed by atoms with van der Waals surface area (Å²) < 4.78 is 15.8. The molecule has 1 amide bonds. The van der Waals surface area contributed by atoms with E-state index in [2.05, 4.69) is 15.3 Å². The van der Waals surface area contributed by atoms with E-state index in [1.165, 1.54) is 20.3 Å². The molecule has 2 N–H and O–H groups in total. The molecule has 0 radical (unpaired) electrons. The molecule has 134 valence electrons. The van der Waals surface area contributed by atoms with Gasteiger partial charge < -0.3 is 24.6 Å². The summed E-state index contributed by atoms with van der Waals surface area (Å²) in [5.74, 6) is 0.420. The van der Waals surface area contributed by atoms with Crippen LogP contribution in [0.1, 0.15) is 24.2 Å². The molecule has 0 aliphatic carbocycles. The minimum atomic E-state index is -0.764. The van der Waals surface area contributed by atoms with E-state index < -0.39 is 5.54 Å². The van der Waals surface area contributed by atoms with E-state index in [4.69, 9.17) is 14.2 Å². The fourth-order valence-corrected chi connectivity index (χ4v) is 1.89. The van der Waals surface area contributed by atoms with Crippen LogP contribution in [0.5, 0.6) is 23.5 Å². The largest absolute Gasteiger partial charge is 0.481 e. The minimum Gasteiger partial charge on any atom is -0.481 e. The molecule has 0 fully saturated rings. The van der Waals surface area contributed by atoms with Gasteiger partial charge in [-0.25, -0.2) is 0 Å². The molecule has 0 saturated heterocycles. The topological polar surface area (TPSA) is 103 Å². The van der Waals surface area contributed by atoms with Gasteiger partial charge in [0.15, 0.2) is 0 Å². The molecular weight excluding hydrogens is 326 g/mol. The van der Waals surface area contributed by atoms with E-state index in [0.29, 0.717) is 0 Å². The molecule has 0 saturated carbocycles. The van der Waals surface area contributed by atoms with Crippen LogP contribution in [-0.4, -0.2) is 47.3 Å². The van der Waals surface area contributed by atoms with E-state index in [1.807, 2.05) is 0 Å². The maximum Gasteiger partial charge on any atom is 0.328 e. The van der Waals surface area contributed by atoms with Gasteiger partial charge in [-0.15, -0.1) is 0 Å². The first-order chi connectivity index (χ1) is 11.9. The third-order valence-corrected chi connectivity index (χ3v) is 3.26. The van der Waals surface area contributed by atoms with Gasteiger partial charge in [0.1, 0.15) is 5.75 Å². The third-order valence-electron chi connectivity index (χ3n) is 3.26. The lowest BCUT2D eigenvalue weighted by atomic mass is 10.1. The second kappa shape index (κ2) is 7.80. The Morgan fingerprint density at radius 3 is 2.32 bits per heavy atom. The van der Waals surface area contributed by atoms with Gasteiger partial charge in [-0.1, -0.05) is 12.1 Å². The first-order valence-corrected chi connectivity index (χ1v) is 7.56. The van der Waals surface area contributed by atoms with Gasteiger partial charge in [-0.3, -0.25) is 4.79 Å². The Morgan fingerprint density at radius 1 is 1.16 bits per heavy atom. The van der Waals surface area contributed by atoms with E-state index in [0.717, 1.165) is 0 Å². The van der Waals surface area contributed by atoms with Crippen LogP contribution in [0.2, 0.25) is 0 Å². The summed E-state index contributed by atoms with van der Waals surface area (Å²) in [5.41, 5.74) is -0.478. The highest BCUT2D eigenvalue weighted by molar-refractivity contribution is 5.97. The van der Waals surface area contributed by atoms with Crippen LogP contribution < -0.4 is 19.5 Å². The third kappa shape index (κ3) is 4.80. The molecule has 1 aromatic heterocycles. The van der Waals surface area contributed by atoms with Gasteiger partial charge in [0.2, 0.25) is 11.8 Å². The molecule has 0 spiro atoms. The van der Waals surface area contributed by atoms with Crippen LogP contribution in [-0.2, 0) is 0 Å². The van der Waals surface area contributed by atoms with Crippen molar-refractivity contribution in [2.45, 2.75) is 19.4 Å². The summed E-state index contributed by atoms with van der Waals surface area (Å²) >= 11 is 0. The van der Waals surface area contributed by atoms with Crippen molar-refractivity contribution in [2.75, 3.05) is 20.8 Å². The SMILES string of the molecule is COc1cc(OC)nc(Oc2ccccc2C(=O)NC(C)(C)CO)n1. The highest BCUT2D eigenvalue weighted by Gasteiger charge is 2.22. The van der Waals surface area contributed by atoms with Crippen LogP contribution >= 0.6 is 0 Å². The summed E-state index contributed by atoms with van der Waals surface area (Å²) in [5, 5.41) is 12.1. The molecule has 0 atom stereocenters. The summed E-state index contributed by atoms with van der Waals surface area (Å²) in [4.78, 5) is 20.6. The van der Waals surface area contributed by atoms with E-state index >= 15 is 0 Å². The van der Waals surface area contributed by atoms with Gasteiger partial charge >= 0.3 is 6.01 Å². The number of methoxy groups -OCH3 is 2. The number of carbonyl (C=O) groups is 1. The van der Waals surface area contributed by atoms with Crippen LogP contribution in [0.15, 0.2) is 30.3 Å². The molecule has 0 aliphatic heterocycles. The van der Waals surface area contributed by atoms with Crippen molar-refractivity contribution in [3.63, 3.8) is 0 Å². The number of amides is 1. The first kappa shape index (κ1) is 18.5. The number of rotatable bonds is 7. The second-order valence-electron chi connectivity index (χ2n) is 5.83. The van der Waals surface area contributed by atoms with Crippen molar-refractivity contribution in [3.8, 4) is 23.5 Å². The number of nitrogens with zero attached hydrogens (tertiary/aromatic N) is 2. The Morgan fingerprint density at radius 2 is 1.76 bits per heavy atom. The molecule has 2 rings (SSSR count). The number of hydrogen-bond acceptors (Lipinski definition) is 7. The molecule has 0 bridgehead atoms. The zero-order chi connectivity index (χ0) is 18.4. The number of aromatic nitrogens is 2. The maximum atomic E-state index is 12.5. The standard InChI is InChI=1S/C17H21N3O5/c1-17(2,10-21)20-15(22)11-7-5-6-8-12(11)25-16-18-13(23-3)9-14(19-16)24-4/h5-9,21H,10H2,1-4H3,(H,20,22). The van der Waals surface area contributed by atoms with Gasteiger partial charge in [-0.05, 0) is 26.0 Å². The number of benzene rings is 1. The van der Waals surface area contributed by atoms with Crippen LogP contribution in [0.25, 0.3) is 0 Å². The van der Waals surface area contributed by atoms with Crippen molar-refractivity contribution in [3.05, 3.63) is 35.9 Å². The molecule has 0 unspecified atom stereocenters. The molecule has 8 heteroatoms. The Hall–Kier alpha value is -2.87. The summed E-state index contributed by atoms with van der Waals surface area (Å²) in [6.07, 6.45) is 0. The second-order valence-corrected chi connectivity index (χ2v) is 5.83. The molecule has 1 heterocycles. The molecule has 1 aromatic carbocycles. The van der Waals surface area contributed by atoms with E-state index in [1.54, 1.807) is 38.1 Å². The fourth-order valence-electron chi connectivity index (χ4n) is 1.89. The van der Waals surface area contributed by atoms with Crippen molar-refractivity contribution in [1.82, 2.24) is 15.3 Å². The van der Waals surface area contributed by atoms with Gasteiger partial charge in [-0.2, -0.15) is 9.97 Å². The van der Waals surface area contributed by atoms with Crippen molar-refractivity contribution in [1.29, 1.82) is 0 Å². The number of ether oxygens (including phenoxy) is 3.